The van der Waals surface area contributed by atoms with Crippen LogP contribution in [0, 0.1) is 11.7 Å². The van der Waals surface area contributed by atoms with Gasteiger partial charge in [0.15, 0.2) is 0 Å². The number of benzene rings is 1. The van der Waals surface area contributed by atoms with Crippen LogP contribution in [0.3, 0.4) is 0 Å². The molecule has 0 saturated carbocycles. The highest BCUT2D eigenvalue weighted by Crippen LogP contribution is 2.40. The summed E-state index contributed by atoms with van der Waals surface area (Å²) in [5.41, 5.74) is 0.178. The normalized spacial score (nSPS) is 22.0. The third kappa shape index (κ3) is 3.63. The average molecular weight is 408 g/mol. The van der Waals surface area contributed by atoms with Crippen molar-refractivity contribution in [1.82, 2.24) is 15.1 Å². The number of carbonyl (C=O) groups excluding carboxylic acids is 1. The van der Waals surface area contributed by atoms with Crippen LogP contribution in [0.1, 0.15) is 24.0 Å². The first-order valence-electron chi connectivity index (χ1n) is 8.77. The number of hydrogen-bond acceptors (Lipinski definition) is 4. The third-order valence-corrected chi connectivity index (χ3v) is 6.74. The van der Waals surface area contributed by atoms with Crippen molar-refractivity contribution in [3.05, 3.63) is 58.6 Å². The van der Waals surface area contributed by atoms with E-state index in [1.165, 1.54) is 18.2 Å². The predicted octanol–water partition coefficient (Wildman–Crippen LogP) is 3.42. The summed E-state index contributed by atoms with van der Waals surface area (Å²) in [5, 5.41) is 18.0. The van der Waals surface area contributed by atoms with Gasteiger partial charge in [0.05, 0.1) is 17.7 Å². The van der Waals surface area contributed by atoms with Gasteiger partial charge >= 0.3 is 0 Å². The largest absolute Gasteiger partial charge is 0.385 e. The number of hydrogen-bond donors (Lipinski definition) is 2. The standard InChI is InChI=1S/C19H19ClFN3O2S/c20-16-2-1-14(21)8-15(16)19(26)3-5-24(6-4-19)18(25)12-7-17(27-11-12)13-9-22-23-10-13/h1-2,7-10,12,26H,3-6,11H2,(H,22,23). The van der Waals surface area contributed by atoms with Crippen molar-refractivity contribution in [3.8, 4) is 0 Å². The van der Waals surface area contributed by atoms with Gasteiger partial charge in [0.2, 0.25) is 5.91 Å². The molecule has 2 aromatic rings. The monoisotopic (exact) mass is 407 g/mol. The van der Waals surface area contributed by atoms with Gasteiger partial charge in [-0.15, -0.1) is 11.8 Å². The second-order valence-corrected chi connectivity index (χ2v) is 8.39. The summed E-state index contributed by atoms with van der Waals surface area (Å²) in [5.74, 6) is 0.161. The molecule has 3 heterocycles. The van der Waals surface area contributed by atoms with E-state index in [2.05, 4.69) is 10.2 Å². The topological polar surface area (TPSA) is 69.2 Å². The fraction of sp³-hybridized carbons (Fsp3) is 0.368. The third-order valence-electron chi connectivity index (χ3n) is 5.20. The van der Waals surface area contributed by atoms with Crippen molar-refractivity contribution in [2.45, 2.75) is 18.4 Å². The number of aromatic nitrogens is 2. The molecule has 1 unspecified atom stereocenters. The fourth-order valence-electron chi connectivity index (χ4n) is 3.62. The lowest BCUT2D eigenvalue weighted by Gasteiger charge is -2.39. The summed E-state index contributed by atoms with van der Waals surface area (Å²) in [6, 6.07) is 4.02. The first-order valence-corrected chi connectivity index (χ1v) is 10.1. The zero-order valence-electron chi connectivity index (χ0n) is 14.5. The van der Waals surface area contributed by atoms with E-state index in [0.717, 1.165) is 10.5 Å². The summed E-state index contributed by atoms with van der Waals surface area (Å²) < 4.78 is 13.6. The Morgan fingerprint density at radius 3 is 2.89 bits per heavy atom. The van der Waals surface area contributed by atoms with E-state index in [0.29, 0.717) is 42.3 Å². The number of aliphatic hydroxyl groups is 1. The molecular formula is C19H19ClFN3O2S. The Bertz CT molecular complexity index is 879. The van der Waals surface area contributed by atoms with Gasteiger partial charge < -0.3 is 10.0 Å². The van der Waals surface area contributed by atoms with E-state index in [1.807, 2.05) is 12.3 Å². The van der Waals surface area contributed by atoms with E-state index >= 15 is 0 Å². The molecule has 27 heavy (non-hydrogen) atoms. The fourth-order valence-corrected chi connectivity index (χ4v) is 5.05. The lowest BCUT2D eigenvalue weighted by Crippen LogP contribution is -2.47. The molecule has 1 amide bonds. The second-order valence-electron chi connectivity index (χ2n) is 6.92. The van der Waals surface area contributed by atoms with Gasteiger partial charge in [-0.1, -0.05) is 17.7 Å². The number of carbonyl (C=O) groups is 1. The van der Waals surface area contributed by atoms with Crippen molar-refractivity contribution in [2.75, 3.05) is 18.8 Å². The minimum atomic E-state index is -1.21. The van der Waals surface area contributed by atoms with Gasteiger partial charge in [-0.25, -0.2) is 4.39 Å². The Morgan fingerprint density at radius 2 is 2.19 bits per heavy atom. The molecule has 2 N–H and O–H groups in total. The van der Waals surface area contributed by atoms with Gasteiger partial charge in [0.1, 0.15) is 5.82 Å². The summed E-state index contributed by atoms with van der Waals surface area (Å²) in [4.78, 5) is 15.7. The first-order chi connectivity index (χ1) is 13.0. The Balaban J connectivity index is 1.43. The van der Waals surface area contributed by atoms with Crippen molar-refractivity contribution in [1.29, 1.82) is 0 Å². The Morgan fingerprint density at radius 1 is 1.41 bits per heavy atom. The van der Waals surface area contributed by atoms with Crippen LogP contribution < -0.4 is 0 Å². The molecule has 0 spiro atoms. The first kappa shape index (κ1) is 18.5. The molecule has 1 saturated heterocycles. The van der Waals surface area contributed by atoms with E-state index in [9.17, 15) is 14.3 Å². The molecule has 0 aliphatic carbocycles. The van der Waals surface area contributed by atoms with Crippen molar-refractivity contribution in [3.63, 3.8) is 0 Å². The lowest BCUT2D eigenvalue weighted by atomic mass is 9.84. The second kappa shape index (κ2) is 7.30. The number of aromatic amines is 1. The molecule has 1 fully saturated rings. The molecule has 1 atom stereocenters. The summed E-state index contributed by atoms with van der Waals surface area (Å²) >= 11 is 7.81. The van der Waals surface area contributed by atoms with Gasteiger partial charge in [-0.2, -0.15) is 5.10 Å². The average Bonchev–Trinajstić information content (AvgIpc) is 3.35. The van der Waals surface area contributed by atoms with Crippen LogP contribution in [0.2, 0.25) is 5.02 Å². The number of thioether (sulfide) groups is 1. The lowest BCUT2D eigenvalue weighted by molar-refractivity contribution is -0.137. The highest BCUT2D eigenvalue weighted by Gasteiger charge is 2.38. The molecule has 5 nitrogen and oxygen atoms in total. The van der Waals surface area contributed by atoms with Crippen LogP contribution >= 0.6 is 23.4 Å². The van der Waals surface area contributed by atoms with Crippen LogP contribution in [0.5, 0.6) is 0 Å². The van der Waals surface area contributed by atoms with E-state index in [-0.39, 0.29) is 11.8 Å². The molecule has 0 bridgehead atoms. The maximum absolute atomic E-state index is 13.6. The molecule has 1 aromatic heterocycles. The van der Waals surface area contributed by atoms with Crippen molar-refractivity contribution in [2.24, 2.45) is 5.92 Å². The van der Waals surface area contributed by atoms with Crippen LogP contribution in [-0.2, 0) is 10.4 Å². The quantitative estimate of drug-likeness (QED) is 0.818. The highest BCUT2D eigenvalue weighted by molar-refractivity contribution is 8.08. The smallest absolute Gasteiger partial charge is 0.230 e. The number of amides is 1. The summed E-state index contributed by atoms with van der Waals surface area (Å²) in [6.45, 7) is 0.830. The molecule has 8 heteroatoms. The number of piperidine rings is 1. The molecule has 0 radical (unpaired) electrons. The Kier molecular flexibility index (Phi) is 5.01. The summed E-state index contributed by atoms with van der Waals surface area (Å²) in [7, 11) is 0. The molecule has 4 rings (SSSR count). The number of nitrogens with one attached hydrogen (secondary N) is 1. The van der Waals surface area contributed by atoms with Crippen molar-refractivity contribution >= 4 is 34.2 Å². The predicted molar refractivity (Wildman–Crippen MR) is 104 cm³/mol. The molecule has 2 aliphatic rings. The maximum Gasteiger partial charge on any atom is 0.230 e. The molecule has 2 aliphatic heterocycles. The van der Waals surface area contributed by atoms with Crippen molar-refractivity contribution < 1.29 is 14.3 Å². The molecule has 142 valence electrons. The van der Waals surface area contributed by atoms with E-state index in [4.69, 9.17) is 11.6 Å². The number of halogens is 2. The number of likely N-dealkylation sites (tertiary alicyclic amines) is 1. The van der Waals surface area contributed by atoms with E-state index < -0.39 is 11.4 Å². The van der Waals surface area contributed by atoms with Crippen LogP contribution in [0.15, 0.2) is 36.7 Å². The zero-order valence-corrected chi connectivity index (χ0v) is 16.1. The van der Waals surface area contributed by atoms with Gasteiger partial charge in [0.25, 0.3) is 0 Å². The Labute approximate surface area is 165 Å². The van der Waals surface area contributed by atoms with Gasteiger partial charge in [-0.05, 0) is 31.0 Å². The maximum atomic E-state index is 13.6. The molecular weight excluding hydrogens is 389 g/mol. The number of nitrogens with zero attached hydrogens (tertiary/aromatic N) is 2. The minimum Gasteiger partial charge on any atom is -0.385 e. The van der Waals surface area contributed by atoms with Crippen LogP contribution in [0.25, 0.3) is 4.91 Å². The SMILES string of the molecule is O=C(C1C=C(c2cn[nH]c2)SC1)N1CCC(O)(c2cc(F)ccc2Cl)CC1. The Hall–Kier alpha value is -1.83. The van der Waals surface area contributed by atoms with Crippen LogP contribution in [0.4, 0.5) is 4.39 Å². The number of rotatable bonds is 3. The van der Waals surface area contributed by atoms with Gasteiger partial charge in [0, 0.05) is 46.1 Å². The molecule has 1 aromatic carbocycles. The highest BCUT2D eigenvalue weighted by atomic mass is 35.5. The minimum absolute atomic E-state index is 0.0633. The van der Waals surface area contributed by atoms with Crippen LogP contribution in [-0.4, -0.2) is 45.0 Å². The zero-order chi connectivity index (χ0) is 19.0. The number of H-pyrrole nitrogens is 1. The summed E-state index contributed by atoms with van der Waals surface area (Å²) in [6.07, 6.45) is 6.22. The van der Waals surface area contributed by atoms with E-state index in [1.54, 1.807) is 22.9 Å². The van der Waals surface area contributed by atoms with Gasteiger partial charge in [-0.3, -0.25) is 9.89 Å².